The van der Waals surface area contributed by atoms with Gasteiger partial charge in [0, 0.05) is 5.56 Å². The van der Waals surface area contributed by atoms with Crippen LogP contribution >= 0.6 is 11.3 Å². The number of amides is 1. The van der Waals surface area contributed by atoms with Crippen molar-refractivity contribution in [1.82, 2.24) is 19.7 Å². The zero-order chi connectivity index (χ0) is 22.9. The standard InChI is InChI=1S/C22H26FN5O3S/c1-2-3-4-5-6-7-8-15-9-11-16(12-10-15)20-26-27-21(32-20)24-18(29)14-28-13-17(23)19(30)25-22(28)31/h9-13H,2-8,14H2,1H3,(H,24,27,29)(H,25,30,31). The molecule has 0 aliphatic rings. The zero-order valence-corrected chi connectivity index (χ0v) is 18.7. The fourth-order valence-electron chi connectivity index (χ4n) is 3.23. The van der Waals surface area contributed by atoms with Crippen LogP contribution in [-0.2, 0) is 17.8 Å². The van der Waals surface area contributed by atoms with Crippen molar-refractivity contribution in [3.05, 3.63) is 62.7 Å². The number of aromatic amines is 1. The van der Waals surface area contributed by atoms with Crippen LogP contribution in [0.5, 0.6) is 0 Å². The average Bonchev–Trinajstić information content (AvgIpc) is 3.23. The van der Waals surface area contributed by atoms with Gasteiger partial charge in [0.25, 0.3) is 5.56 Å². The first-order chi connectivity index (χ1) is 15.5. The summed E-state index contributed by atoms with van der Waals surface area (Å²) in [5.41, 5.74) is 0.179. The van der Waals surface area contributed by atoms with E-state index in [-0.39, 0.29) is 5.13 Å². The number of hydrogen-bond acceptors (Lipinski definition) is 6. The Morgan fingerprint density at radius 2 is 1.81 bits per heavy atom. The van der Waals surface area contributed by atoms with E-state index in [0.717, 1.165) is 16.6 Å². The van der Waals surface area contributed by atoms with E-state index >= 15 is 0 Å². The van der Waals surface area contributed by atoms with E-state index < -0.39 is 29.5 Å². The third-order valence-electron chi connectivity index (χ3n) is 4.97. The first-order valence-corrected chi connectivity index (χ1v) is 11.5. The molecule has 2 N–H and O–H groups in total. The molecule has 170 valence electrons. The Kier molecular flexibility index (Phi) is 8.43. The molecule has 0 fully saturated rings. The SMILES string of the molecule is CCCCCCCCc1ccc(-c2nnc(NC(=O)Cn3cc(F)c(=O)[nH]c3=O)s2)cc1. The maximum Gasteiger partial charge on any atom is 0.328 e. The van der Waals surface area contributed by atoms with Crippen LogP contribution in [0.2, 0.25) is 0 Å². The second-order valence-electron chi connectivity index (χ2n) is 7.54. The van der Waals surface area contributed by atoms with Gasteiger partial charge in [0.2, 0.25) is 16.9 Å². The largest absolute Gasteiger partial charge is 0.328 e. The van der Waals surface area contributed by atoms with Gasteiger partial charge < -0.3 is 0 Å². The molecule has 2 aromatic heterocycles. The van der Waals surface area contributed by atoms with Crippen molar-refractivity contribution in [2.24, 2.45) is 0 Å². The van der Waals surface area contributed by atoms with Crippen LogP contribution in [0.3, 0.4) is 0 Å². The second-order valence-corrected chi connectivity index (χ2v) is 8.52. The van der Waals surface area contributed by atoms with Gasteiger partial charge in [-0.3, -0.25) is 24.5 Å². The number of benzene rings is 1. The van der Waals surface area contributed by atoms with Gasteiger partial charge >= 0.3 is 5.69 Å². The lowest BCUT2D eigenvalue weighted by Gasteiger charge is -2.04. The molecule has 32 heavy (non-hydrogen) atoms. The first-order valence-electron chi connectivity index (χ1n) is 10.7. The van der Waals surface area contributed by atoms with Crippen LogP contribution in [0.25, 0.3) is 10.6 Å². The van der Waals surface area contributed by atoms with Crippen LogP contribution in [0.15, 0.2) is 40.1 Å². The molecule has 0 radical (unpaired) electrons. The van der Waals surface area contributed by atoms with Gasteiger partial charge in [0.1, 0.15) is 11.6 Å². The molecule has 0 atom stereocenters. The molecule has 0 aliphatic carbocycles. The minimum absolute atomic E-state index is 0.263. The number of unbranched alkanes of at least 4 members (excludes halogenated alkanes) is 5. The summed E-state index contributed by atoms with van der Waals surface area (Å²) in [6.45, 7) is 1.75. The minimum Gasteiger partial charge on any atom is -0.299 e. The summed E-state index contributed by atoms with van der Waals surface area (Å²) >= 11 is 1.20. The molecule has 2 heterocycles. The summed E-state index contributed by atoms with van der Waals surface area (Å²) < 4.78 is 14.1. The molecule has 8 nitrogen and oxygen atoms in total. The smallest absolute Gasteiger partial charge is 0.299 e. The van der Waals surface area contributed by atoms with E-state index in [1.807, 2.05) is 12.1 Å². The molecule has 3 aromatic rings. The molecule has 1 amide bonds. The van der Waals surface area contributed by atoms with Crippen LogP contribution in [0.1, 0.15) is 51.0 Å². The van der Waals surface area contributed by atoms with E-state index in [0.29, 0.717) is 11.2 Å². The van der Waals surface area contributed by atoms with Gasteiger partial charge in [-0.2, -0.15) is 4.39 Å². The number of nitrogens with zero attached hydrogens (tertiary/aromatic N) is 3. The number of H-pyrrole nitrogens is 1. The molecule has 0 aliphatic heterocycles. The zero-order valence-electron chi connectivity index (χ0n) is 17.9. The highest BCUT2D eigenvalue weighted by Crippen LogP contribution is 2.26. The number of aromatic nitrogens is 4. The number of aryl methyl sites for hydroxylation is 1. The lowest BCUT2D eigenvalue weighted by atomic mass is 10.0. The monoisotopic (exact) mass is 459 g/mol. The molecular weight excluding hydrogens is 433 g/mol. The average molecular weight is 460 g/mol. The molecule has 3 rings (SSSR count). The van der Waals surface area contributed by atoms with Gasteiger partial charge in [0.15, 0.2) is 0 Å². The summed E-state index contributed by atoms with van der Waals surface area (Å²) in [6.07, 6.45) is 9.34. The summed E-state index contributed by atoms with van der Waals surface area (Å²) in [6, 6.07) is 8.14. The van der Waals surface area contributed by atoms with E-state index in [9.17, 15) is 18.8 Å². The summed E-state index contributed by atoms with van der Waals surface area (Å²) in [7, 11) is 0. The molecule has 0 saturated carbocycles. The Hall–Kier alpha value is -3.14. The van der Waals surface area contributed by atoms with Crippen LogP contribution in [0, 0.1) is 5.82 Å². The van der Waals surface area contributed by atoms with Gasteiger partial charge in [0.05, 0.1) is 6.20 Å². The van der Waals surface area contributed by atoms with Crippen LogP contribution in [-0.4, -0.2) is 25.7 Å². The van der Waals surface area contributed by atoms with Crippen LogP contribution in [0.4, 0.5) is 9.52 Å². The Morgan fingerprint density at radius 1 is 1.09 bits per heavy atom. The molecular formula is C22H26FN5O3S. The highest BCUT2D eigenvalue weighted by molar-refractivity contribution is 7.18. The number of anilines is 1. The van der Waals surface area contributed by atoms with Crippen molar-refractivity contribution >= 4 is 22.4 Å². The number of carbonyl (C=O) groups excluding carboxylic acids is 1. The number of carbonyl (C=O) groups is 1. The quantitative estimate of drug-likeness (QED) is 0.425. The second kappa shape index (κ2) is 11.5. The van der Waals surface area contributed by atoms with Crippen molar-refractivity contribution in [3.8, 4) is 10.6 Å². The number of nitrogens with one attached hydrogen (secondary N) is 2. The van der Waals surface area contributed by atoms with Crippen molar-refractivity contribution in [1.29, 1.82) is 0 Å². The summed E-state index contributed by atoms with van der Waals surface area (Å²) in [5, 5.41) is 11.5. The Morgan fingerprint density at radius 3 is 2.56 bits per heavy atom. The van der Waals surface area contributed by atoms with E-state index in [1.54, 1.807) is 4.98 Å². The van der Waals surface area contributed by atoms with E-state index in [2.05, 4.69) is 34.6 Å². The predicted molar refractivity (Wildman–Crippen MR) is 122 cm³/mol. The Labute approximate surface area is 188 Å². The highest BCUT2D eigenvalue weighted by Gasteiger charge is 2.12. The van der Waals surface area contributed by atoms with Crippen LogP contribution < -0.4 is 16.6 Å². The lowest BCUT2D eigenvalue weighted by molar-refractivity contribution is -0.116. The third kappa shape index (κ3) is 6.68. The van der Waals surface area contributed by atoms with Gasteiger partial charge in [-0.05, 0) is 18.4 Å². The molecule has 0 spiro atoms. The number of hydrogen-bond donors (Lipinski definition) is 2. The molecule has 1 aromatic carbocycles. The van der Waals surface area contributed by atoms with Crippen molar-refractivity contribution in [2.75, 3.05) is 5.32 Å². The minimum atomic E-state index is -1.14. The summed E-state index contributed by atoms with van der Waals surface area (Å²) in [5.74, 6) is -1.73. The molecule has 0 saturated heterocycles. The third-order valence-corrected chi connectivity index (χ3v) is 5.86. The normalized spacial score (nSPS) is 10.9. The van der Waals surface area contributed by atoms with Crippen molar-refractivity contribution in [2.45, 2.75) is 58.4 Å². The number of rotatable bonds is 11. The fraction of sp³-hybridized carbons (Fsp3) is 0.409. The molecule has 10 heteroatoms. The Bertz CT molecular complexity index is 1150. The van der Waals surface area contributed by atoms with Crippen molar-refractivity contribution < 1.29 is 9.18 Å². The van der Waals surface area contributed by atoms with E-state index in [4.69, 9.17) is 0 Å². The topological polar surface area (TPSA) is 110 Å². The van der Waals surface area contributed by atoms with Gasteiger partial charge in [-0.1, -0.05) is 74.6 Å². The maximum absolute atomic E-state index is 13.3. The molecule has 0 bridgehead atoms. The molecule has 0 unspecified atom stereocenters. The van der Waals surface area contributed by atoms with Gasteiger partial charge in [-0.25, -0.2) is 4.79 Å². The highest BCUT2D eigenvalue weighted by atomic mass is 32.1. The van der Waals surface area contributed by atoms with Gasteiger partial charge in [-0.15, -0.1) is 10.2 Å². The Balaban J connectivity index is 1.53. The summed E-state index contributed by atoms with van der Waals surface area (Å²) in [4.78, 5) is 36.7. The maximum atomic E-state index is 13.3. The fourth-order valence-corrected chi connectivity index (χ4v) is 3.99. The lowest BCUT2D eigenvalue weighted by Crippen LogP contribution is -2.34. The first kappa shape index (κ1) is 23.5. The number of halogens is 1. The predicted octanol–water partition coefficient (Wildman–Crippen LogP) is 3.74. The van der Waals surface area contributed by atoms with Crippen molar-refractivity contribution in [3.63, 3.8) is 0 Å². The van der Waals surface area contributed by atoms with E-state index in [1.165, 1.54) is 55.4 Å².